The summed E-state index contributed by atoms with van der Waals surface area (Å²) in [4.78, 5) is 74.0. The zero-order chi connectivity index (χ0) is 48.2. The fraction of sp³-hybridized carbons (Fsp3) is 0.647. The van der Waals surface area contributed by atoms with Gasteiger partial charge in [-0.05, 0) is 127 Å². The summed E-state index contributed by atoms with van der Waals surface area (Å²) in [5, 5.41) is 11.4. The van der Waals surface area contributed by atoms with E-state index < -0.39 is 34.5 Å². The monoisotopic (exact) mass is 948 g/mol. The first-order chi connectivity index (χ1) is 31.0. The Morgan fingerprint density at radius 2 is 1.20 bits per heavy atom. The number of ether oxygens (including phenoxy) is 2. The Hall–Kier alpha value is -4.54. The SMILES string of the molecule is CC1CCC(CCC(=O)N(Cc2ccc(Cl)cc2)C2(C#N)CN(C(=O)OC(C)(C)C)C2)CC1.CC1CCC(N2CC(=O)N(Cc3ccc(Cl)cc3)C3(CN(C(=O)OC(C)(C)C)C3)C2=O)CC1. The lowest BCUT2D eigenvalue weighted by molar-refractivity contribution is -0.181. The molecule has 2 saturated carbocycles. The molecule has 0 atom stereocenters. The van der Waals surface area contributed by atoms with Gasteiger partial charge in [0, 0.05) is 35.6 Å². The second kappa shape index (κ2) is 20.8. The molecule has 5 aliphatic rings. The van der Waals surface area contributed by atoms with Crippen LogP contribution in [-0.2, 0) is 36.9 Å². The van der Waals surface area contributed by atoms with Crippen LogP contribution < -0.4 is 0 Å². The summed E-state index contributed by atoms with van der Waals surface area (Å²) in [7, 11) is 0. The minimum Gasteiger partial charge on any atom is -0.444 e. The zero-order valence-corrected chi connectivity index (χ0v) is 41.8. The molecule has 2 aliphatic carbocycles. The third-order valence-corrected chi connectivity index (χ3v) is 14.3. The van der Waals surface area contributed by atoms with E-state index in [9.17, 15) is 29.2 Å². The second-order valence-electron chi connectivity index (χ2n) is 21.6. The van der Waals surface area contributed by atoms with E-state index in [0.717, 1.165) is 49.1 Å². The number of amides is 5. The van der Waals surface area contributed by atoms with Crippen LogP contribution in [0.1, 0.15) is 131 Å². The molecule has 0 bridgehead atoms. The lowest BCUT2D eigenvalue weighted by Gasteiger charge is -2.58. The number of nitrogens with zero attached hydrogens (tertiary/aromatic N) is 6. The maximum absolute atomic E-state index is 13.9. The number of rotatable bonds is 9. The molecule has 2 aromatic carbocycles. The Morgan fingerprint density at radius 3 is 1.68 bits per heavy atom. The van der Waals surface area contributed by atoms with Crippen molar-refractivity contribution in [1.29, 1.82) is 5.26 Å². The van der Waals surface area contributed by atoms with Crippen LogP contribution >= 0.6 is 23.2 Å². The molecular weight excluding hydrogens is 880 g/mol. The number of likely N-dealkylation sites (tertiary alicyclic amines) is 2. The number of carbonyl (C=O) groups excluding carboxylic acids is 5. The van der Waals surface area contributed by atoms with Gasteiger partial charge < -0.3 is 34.0 Å². The van der Waals surface area contributed by atoms with Crippen molar-refractivity contribution < 1.29 is 33.4 Å². The Bertz CT molecular complexity index is 2090. The molecule has 0 N–H and O–H groups in total. The Kier molecular flexibility index (Phi) is 16.0. The largest absolute Gasteiger partial charge is 0.444 e. The maximum atomic E-state index is 13.9. The van der Waals surface area contributed by atoms with E-state index in [2.05, 4.69) is 19.9 Å². The molecule has 1 spiro atoms. The summed E-state index contributed by atoms with van der Waals surface area (Å²) in [6, 6.07) is 17.1. The highest BCUT2D eigenvalue weighted by Gasteiger charge is 2.62. The van der Waals surface area contributed by atoms with Gasteiger partial charge in [-0.3, -0.25) is 14.4 Å². The fourth-order valence-corrected chi connectivity index (χ4v) is 10.1. The minimum atomic E-state index is -1.05. The van der Waals surface area contributed by atoms with Gasteiger partial charge in [-0.1, -0.05) is 87.0 Å². The quantitative estimate of drug-likeness (QED) is 0.242. The first-order valence-corrected chi connectivity index (χ1v) is 24.5. The molecule has 13 nitrogen and oxygen atoms in total. The van der Waals surface area contributed by atoms with Crippen LogP contribution in [0.3, 0.4) is 0 Å². The van der Waals surface area contributed by atoms with Crippen LogP contribution in [0.25, 0.3) is 0 Å². The smallest absolute Gasteiger partial charge is 0.410 e. The van der Waals surface area contributed by atoms with E-state index in [1.807, 2.05) is 65.8 Å². The van der Waals surface area contributed by atoms with Crippen LogP contribution in [0.4, 0.5) is 9.59 Å². The van der Waals surface area contributed by atoms with Gasteiger partial charge in [0.25, 0.3) is 5.91 Å². The predicted octanol–water partition coefficient (Wildman–Crippen LogP) is 9.87. The molecule has 0 aromatic heterocycles. The van der Waals surface area contributed by atoms with Crippen molar-refractivity contribution in [3.05, 3.63) is 69.7 Å². The van der Waals surface area contributed by atoms with E-state index >= 15 is 0 Å². The number of halogens is 2. The minimum absolute atomic E-state index is 0.0334. The molecule has 5 amide bonds. The number of hydrogen-bond acceptors (Lipinski definition) is 8. The lowest BCUT2D eigenvalue weighted by Crippen LogP contribution is -2.81. The average molecular weight is 950 g/mol. The molecule has 2 aromatic rings. The van der Waals surface area contributed by atoms with Crippen LogP contribution in [0, 0.1) is 29.1 Å². The Labute approximate surface area is 402 Å². The molecule has 360 valence electrons. The topological polar surface area (TPSA) is 144 Å². The molecule has 5 fully saturated rings. The second-order valence-corrected chi connectivity index (χ2v) is 22.4. The predicted molar refractivity (Wildman–Crippen MR) is 254 cm³/mol. The van der Waals surface area contributed by atoms with Gasteiger partial charge >= 0.3 is 12.2 Å². The van der Waals surface area contributed by atoms with E-state index in [-0.39, 0.29) is 56.5 Å². The molecule has 3 heterocycles. The molecule has 0 unspecified atom stereocenters. The molecule has 3 saturated heterocycles. The highest BCUT2D eigenvalue weighted by Crippen LogP contribution is 2.39. The highest BCUT2D eigenvalue weighted by atomic mass is 35.5. The summed E-state index contributed by atoms with van der Waals surface area (Å²) in [5.74, 6) is 1.84. The summed E-state index contributed by atoms with van der Waals surface area (Å²) >= 11 is 12.1. The summed E-state index contributed by atoms with van der Waals surface area (Å²) in [6.07, 6.45) is 9.10. The van der Waals surface area contributed by atoms with Crippen LogP contribution in [0.15, 0.2) is 48.5 Å². The molecular formula is C51H70Cl2N6O7. The van der Waals surface area contributed by atoms with Gasteiger partial charge in [0.1, 0.15) is 17.7 Å². The maximum Gasteiger partial charge on any atom is 0.410 e. The normalized spacial score (nSPS) is 23.7. The summed E-state index contributed by atoms with van der Waals surface area (Å²) in [6.45, 7) is 16.7. The van der Waals surface area contributed by atoms with E-state index in [4.69, 9.17) is 32.7 Å². The summed E-state index contributed by atoms with van der Waals surface area (Å²) < 4.78 is 10.9. The van der Waals surface area contributed by atoms with Gasteiger partial charge in [0.2, 0.25) is 11.8 Å². The lowest BCUT2D eigenvalue weighted by atomic mass is 9.80. The van der Waals surface area contributed by atoms with Gasteiger partial charge in [-0.2, -0.15) is 5.26 Å². The third kappa shape index (κ3) is 12.5. The van der Waals surface area contributed by atoms with E-state index in [1.54, 1.807) is 39.0 Å². The summed E-state index contributed by atoms with van der Waals surface area (Å²) in [5.41, 5.74) is -1.53. The molecule has 15 heteroatoms. The van der Waals surface area contributed by atoms with Crippen molar-refractivity contribution in [2.24, 2.45) is 17.8 Å². The third-order valence-electron chi connectivity index (χ3n) is 13.8. The molecule has 0 radical (unpaired) electrons. The van der Waals surface area contributed by atoms with Crippen molar-refractivity contribution in [3.8, 4) is 6.07 Å². The van der Waals surface area contributed by atoms with Gasteiger partial charge in [0.05, 0.1) is 32.2 Å². The first-order valence-electron chi connectivity index (χ1n) is 23.8. The van der Waals surface area contributed by atoms with Crippen LogP contribution in [0.2, 0.25) is 10.0 Å². The number of hydrogen-bond donors (Lipinski definition) is 0. The van der Waals surface area contributed by atoms with E-state index in [1.165, 1.54) is 35.5 Å². The average Bonchev–Trinajstić information content (AvgIpc) is 3.21. The van der Waals surface area contributed by atoms with Crippen molar-refractivity contribution in [2.75, 3.05) is 32.7 Å². The van der Waals surface area contributed by atoms with Crippen molar-refractivity contribution in [1.82, 2.24) is 24.5 Å². The van der Waals surface area contributed by atoms with E-state index in [0.29, 0.717) is 41.4 Å². The van der Waals surface area contributed by atoms with Crippen molar-refractivity contribution in [2.45, 2.75) is 161 Å². The van der Waals surface area contributed by atoms with Gasteiger partial charge in [-0.25, -0.2) is 9.59 Å². The molecule has 66 heavy (non-hydrogen) atoms. The molecule has 7 rings (SSSR count). The van der Waals surface area contributed by atoms with Crippen molar-refractivity contribution in [3.63, 3.8) is 0 Å². The van der Waals surface area contributed by atoms with Crippen LogP contribution in [0.5, 0.6) is 0 Å². The van der Waals surface area contributed by atoms with Crippen LogP contribution in [-0.4, -0.2) is 115 Å². The zero-order valence-electron chi connectivity index (χ0n) is 40.2. The first kappa shape index (κ1) is 50.9. The van der Waals surface area contributed by atoms with Gasteiger partial charge in [0.15, 0.2) is 11.1 Å². The number of nitriles is 1. The number of benzene rings is 2. The van der Waals surface area contributed by atoms with Gasteiger partial charge in [-0.15, -0.1) is 0 Å². The standard InChI is InChI=1S/C26H36ClN3O3.C25H34ClN3O4/c1-19-5-7-20(8-6-19)11-14-23(31)30(15-21-9-12-22(27)13-10-21)26(16-28)17-29(18-26)24(32)33-25(2,3)4;1-17-5-11-20(12-6-17)28-14-21(30)29(13-18-7-9-19(26)10-8-18)25(22(28)31)15-27(16-25)23(32)33-24(2,3)4/h9-10,12-13,19-20H,5-8,11,14-15,17-18H2,1-4H3;7-10,17,20H,5-6,11-16H2,1-4H3. The molecule has 3 aliphatic heterocycles. The highest BCUT2D eigenvalue weighted by molar-refractivity contribution is 6.30. The number of carbonyl (C=O) groups is 5. The Morgan fingerprint density at radius 1 is 0.727 bits per heavy atom. The Balaban J connectivity index is 0.000000218. The van der Waals surface area contributed by atoms with Crippen molar-refractivity contribution >= 4 is 53.1 Å². The fourth-order valence-electron chi connectivity index (χ4n) is 9.81. The number of piperazine rings is 1.